The van der Waals surface area contributed by atoms with Crippen LogP contribution in [0.4, 0.5) is 0 Å². The van der Waals surface area contributed by atoms with E-state index in [1.807, 2.05) is 13.8 Å². The van der Waals surface area contributed by atoms with Gasteiger partial charge in [0.05, 0.1) is 12.7 Å². The molecule has 2 nitrogen and oxygen atoms in total. The number of hydrogen-bond acceptors (Lipinski definition) is 2. The Balaban J connectivity index is 1.84. The molecule has 2 fully saturated rings. The van der Waals surface area contributed by atoms with Gasteiger partial charge in [-0.2, -0.15) is 0 Å². The van der Waals surface area contributed by atoms with Crippen molar-refractivity contribution in [3.8, 4) is 0 Å². The van der Waals surface area contributed by atoms with E-state index in [0.717, 1.165) is 13.0 Å². The van der Waals surface area contributed by atoms with Crippen molar-refractivity contribution in [1.29, 1.82) is 0 Å². The van der Waals surface area contributed by atoms with E-state index in [4.69, 9.17) is 9.47 Å². The number of ether oxygens (including phenoxy) is 2. The lowest BCUT2D eigenvalue weighted by Gasteiger charge is -2.18. The molecule has 0 N–H and O–H groups in total. The fourth-order valence-electron chi connectivity index (χ4n) is 1.61. The molecular weight excluding hydrogens is 267 g/mol. The zero-order chi connectivity index (χ0) is 8.82. The maximum atomic E-state index is 5.74. The molecule has 1 saturated heterocycles. The third-order valence-corrected chi connectivity index (χ3v) is 3.97. The van der Waals surface area contributed by atoms with Gasteiger partial charge in [-0.05, 0) is 33.1 Å². The van der Waals surface area contributed by atoms with Gasteiger partial charge < -0.3 is 9.47 Å². The molecule has 1 saturated carbocycles. The second-order valence-corrected chi connectivity index (χ2v) is 6.59. The van der Waals surface area contributed by atoms with E-state index in [1.165, 1.54) is 12.8 Å². The normalized spacial score (nSPS) is 36.8. The average Bonchev–Trinajstić information content (AvgIpc) is 2.53. The van der Waals surface area contributed by atoms with Gasteiger partial charge in [-0.15, -0.1) is 0 Å². The first-order valence-corrected chi connectivity index (χ1v) is 5.58. The summed E-state index contributed by atoms with van der Waals surface area (Å²) in [6.07, 6.45) is 4.21. The largest absolute Gasteiger partial charge is 0.348 e. The minimum atomic E-state index is -0.341. The summed E-state index contributed by atoms with van der Waals surface area (Å²) in [7, 11) is 0. The second kappa shape index (κ2) is 2.82. The second-order valence-electron chi connectivity index (χ2n) is 4.31. The topological polar surface area (TPSA) is 18.5 Å². The number of alkyl halides is 1. The third kappa shape index (κ3) is 2.12. The van der Waals surface area contributed by atoms with Crippen LogP contribution >= 0.6 is 22.6 Å². The summed E-state index contributed by atoms with van der Waals surface area (Å²) in [4.78, 5) is 0. The maximum Gasteiger partial charge on any atom is 0.163 e. The molecule has 0 bridgehead atoms. The van der Waals surface area contributed by atoms with Crippen molar-refractivity contribution >= 4 is 22.6 Å². The first kappa shape index (κ1) is 9.21. The molecule has 3 heteroatoms. The molecule has 1 atom stereocenters. The summed E-state index contributed by atoms with van der Waals surface area (Å²) < 4.78 is 11.8. The molecule has 2 aliphatic rings. The van der Waals surface area contributed by atoms with Crippen molar-refractivity contribution < 1.29 is 9.47 Å². The highest BCUT2D eigenvalue weighted by molar-refractivity contribution is 14.1. The van der Waals surface area contributed by atoms with Crippen LogP contribution in [0.15, 0.2) is 0 Å². The Hall–Kier alpha value is 0.650. The zero-order valence-corrected chi connectivity index (χ0v) is 9.76. The van der Waals surface area contributed by atoms with Crippen LogP contribution in [0.3, 0.4) is 0 Å². The summed E-state index contributed by atoms with van der Waals surface area (Å²) in [5.41, 5.74) is 0. The number of hydrogen-bond donors (Lipinski definition) is 0. The van der Waals surface area contributed by atoms with Crippen molar-refractivity contribution in [2.24, 2.45) is 0 Å². The van der Waals surface area contributed by atoms with E-state index in [9.17, 15) is 0 Å². The Morgan fingerprint density at radius 2 is 2.08 bits per heavy atom. The molecule has 1 aliphatic heterocycles. The van der Waals surface area contributed by atoms with Gasteiger partial charge in [0.1, 0.15) is 0 Å². The summed E-state index contributed by atoms with van der Waals surface area (Å²) in [6.45, 7) is 4.75. The maximum absolute atomic E-state index is 5.74. The molecular formula is C9H15IO2. The predicted octanol–water partition coefficient (Wildman–Crippen LogP) is 2.50. The van der Waals surface area contributed by atoms with Crippen molar-refractivity contribution in [1.82, 2.24) is 0 Å². The van der Waals surface area contributed by atoms with Crippen LogP contribution in [0.25, 0.3) is 0 Å². The highest BCUT2D eigenvalue weighted by Crippen LogP contribution is 2.50. The highest BCUT2D eigenvalue weighted by atomic mass is 127. The molecule has 1 unspecified atom stereocenters. The van der Waals surface area contributed by atoms with Gasteiger partial charge >= 0.3 is 0 Å². The van der Waals surface area contributed by atoms with Gasteiger partial charge in [-0.25, -0.2) is 0 Å². The lowest BCUT2D eigenvalue weighted by Crippen LogP contribution is -2.23. The van der Waals surface area contributed by atoms with E-state index >= 15 is 0 Å². The molecule has 0 aromatic heterocycles. The average molecular weight is 282 g/mol. The smallest absolute Gasteiger partial charge is 0.163 e. The van der Waals surface area contributed by atoms with Gasteiger partial charge in [-0.3, -0.25) is 0 Å². The Morgan fingerprint density at radius 3 is 2.50 bits per heavy atom. The van der Waals surface area contributed by atoms with Crippen molar-refractivity contribution in [3.63, 3.8) is 0 Å². The first-order chi connectivity index (χ1) is 5.49. The minimum Gasteiger partial charge on any atom is -0.348 e. The molecule has 1 heterocycles. The third-order valence-electron chi connectivity index (χ3n) is 2.45. The monoisotopic (exact) mass is 282 g/mol. The standard InChI is InChI=1S/C9H15IO2/c1-8(2)11-6-7(12-8)5-9(10)3-4-9/h7H,3-6H2,1-2H3. The zero-order valence-electron chi connectivity index (χ0n) is 7.60. The number of rotatable bonds is 2. The molecule has 0 radical (unpaired) electrons. The van der Waals surface area contributed by atoms with Crippen molar-refractivity contribution in [3.05, 3.63) is 0 Å². The van der Waals surface area contributed by atoms with Crippen LogP contribution < -0.4 is 0 Å². The van der Waals surface area contributed by atoms with Crippen LogP contribution in [0.1, 0.15) is 33.1 Å². The number of halogens is 1. The SMILES string of the molecule is CC1(C)OCC(CC2(I)CC2)O1. The van der Waals surface area contributed by atoms with Gasteiger partial charge in [0.25, 0.3) is 0 Å². The molecule has 70 valence electrons. The highest BCUT2D eigenvalue weighted by Gasteiger charge is 2.45. The van der Waals surface area contributed by atoms with E-state index in [-0.39, 0.29) is 5.79 Å². The van der Waals surface area contributed by atoms with Gasteiger partial charge in [-0.1, -0.05) is 22.6 Å². The Labute approximate surface area is 87.1 Å². The Bertz CT molecular complexity index is 187. The summed E-state index contributed by atoms with van der Waals surface area (Å²) >= 11 is 2.55. The molecule has 0 aromatic rings. The first-order valence-electron chi connectivity index (χ1n) is 4.50. The van der Waals surface area contributed by atoms with Gasteiger partial charge in [0.15, 0.2) is 5.79 Å². The molecule has 2 rings (SSSR count). The van der Waals surface area contributed by atoms with Gasteiger partial charge in [0.2, 0.25) is 0 Å². The van der Waals surface area contributed by atoms with Crippen LogP contribution in [0.5, 0.6) is 0 Å². The molecule has 0 amide bonds. The predicted molar refractivity (Wildman–Crippen MR) is 55.5 cm³/mol. The Kier molecular flexibility index (Phi) is 2.16. The Morgan fingerprint density at radius 1 is 1.42 bits per heavy atom. The molecule has 0 aromatic carbocycles. The fourth-order valence-corrected chi connectivity index (χ4v) is 2.37. The minimum absolute atomic E-state index is 0.333. The summed E-state index contributed by atoms with van der Waals surface area (Å²) in [6, 6.07) is 0. The summed E-state index contributed by atoms with van der Waals surface area (Å²) in [5.74, 6) is -0.341. The van der Waals surface area contributed by atoms with Crippen LogP contribution in [0.2, 0.25) is 0 Å². The van der Waals surface area contributed by atoms with E-state index in [1.54, 1.807) is 0 Å². The molecule has 12 heavy (non-hydrogen) atoms. The fraction of sp³-hybridized carbons (Fsp3) is 1.00. The molecule has 1 aliphatic carbocycles. The van der Waals surface area contributed by atoms with E-state index in [2.05, 4.69) is 22.6 Å². The van der Waals surface area contributed by atoms with Crippen LogP contribution in [-0.4, -0.2) is 21.9 Å². The van der Waals surface area contributed by atoms with E-state index < -0.39 is 0 Å². The quantitative estimate of drug-likeness (QED) is 0.572. The lowest BCUT2D eigenvalue weighted by molar-refractivity contribution is -0.138. The lowest BCUT2D eigenvalue weighted by atomic mass is 10.2. The van der Waals surface area contributed by atoms with Gasteiger partial charge in [0, 0.05) is 3.42 Å². The van der Waals surface area contributed by atoms with Crippen LogP contribution in [0, 0.1) is 0 Å². The summed E-state index contributed by atoms with van der Waals surface area (Å²) in [5, 5.41) is 0. The van der Waals surface area contributed by atoms with Crippen molar-refractivity contribution in [2.75, 3.05) is 6.61 Å². The molecule has 0 spiro atoms. The van der Waals surface area contributed by atoms with Crippen LogP contribution in [-0.2, 0) is 9.47 Å². The van der Waals surface area contributed by atoms with Crippen molar-refractivity contribution in [2.45, 2.75) is 48.4 Å². The van der Waals surface area contributed by atoms with E-state index in [0.29, 0.717) is 9.53 Å².